The first-order valence-electron chi connectivity index (χ1n) is 8.34. The van der Waals surface area contributed by atoms with Gasteiger partial charge in [0.15, 0.2) is 11.5 Å². The molecule has 0 aliphatic carbocycles. The minimum Gasteiger partial charge on any atom is -0.504 e. The Balaban J connectivity index is 1.76. The summed E-state index contributed by atoms with van der Waals surface area (Å²) in [6.45, 7) is 2.85. The predicted molar refractivity (Wildman–Crippen MR) is 109 cm³/mol. The molecule has 134 valence electrons. The van der Waals surface area contributed by atoms with Gasteiger partial charge in [0.05, 0.1) is 11.5 Å². The summed E-state index contributed by atoms with van der Waals surface area (Å²) >= 11 is 6.62. The van der Waals surface area contributed by atoms with E-state index in [1.54, 1.807) is 29.2 Å². The van der Waals surface area contributed by atoms with Gasteiger partial charge in [-0.05, 0) is 31.1 Å². The molecule has 0 atom stereocenters. The van der Waals surface area contributed by atoms with Crippen LogP contribution in [-0.2, 0) is 11.2 Å². The van der Waals surface area contributed by atoms with E-state index in [9.17, 15) is 9.90 Å². The molecule has 0 spiro atoms. The second kappa shape index (κ2) is 8.38. The van der Waals surface area contributed by atoms with Gasteiger partial charge in [-0.1, -0.05) is 66.4 Å². The van der Waals surface area contributed by atoms with Crippen molar-refractivity contribution in [2.24, 2.45) is 0 Å². The van der Waals surface area contributed by atoms with Crippen molar-refractivity contribution in [3.63, 3.8) is 0 Å². The van der Waals surface area contributed by atoms with E-state index in [1.165, 1.54) is 11.8 Å². The van der Waals surface area contributed by atoms with Crippen LogP contribution >= 0.6 is 24.0 Å². The van der Waals surface area contributed by atoms with Crippen LogP contribution in [0.5, 0.6) is 11.5 Å². The van der Waals surface area contributed by atoms with Gasteiger partial charge in [-0.3, -0.25) is 9.69 Å². The summed E-state index contributed by atoms with van der Waals surface area (Å²) in [7, 11) is 0. The molecule has 0 aromatic heterocycles. The second-order valence-corrected chi connectivity index (χ2v) is 7.37. The SMILES string of the molecule is CCOc1cccc(/C=C2\SC(=S)N(CCc3ccccc3)C2=O)c1O. The molecule has 0 bridgehead atoms. The van der Waals surface area contributed by atoms with Crippen LogP contribution < -0.4 is 4.74 Å². The standard InChI is InChI=1S/C20H19NO3S2/c1-2-24-16-10-6-9-15(18(16)22)13-17-19(23)21(20(25)26-17)12-11-14-7-4-3-5-8-14/h3-10,13,22H,2,11-12H2,1H3/b17-13-. The Hall–Kier alpha value is -2.31. The molecule has 1 amide bonds. The number of carbonyl (C=O) groups excluding carboxylic acids is 1. The van der Waals surface area contributed by atoms with Crippen molar-refractivity contribution in [1.29, 1.82) is 0 Å². The van der Waals surface area contributed by atoms with Crippen LogP contribution in [0.25, 0.3) is 6.08 Å². The number of hydrogen-bond acceptors (Lipinski definition) is 5. The average Bonchev–Trinajstić information content (AvgIpc) is 2.91. The Morgan fingerprint density at radius 2 is 1.96 bits per heavy atom. The van der Waals surface area contributed by atoms with E-state index in [2.05, 4.69) is 0 Å². The van der Waals surface area contributed by atoms with Crippen LogP contribution in [0.4, 0.5) is 0 Å². The van der Waals surface area contributed by atoms with Gasteiger partial charge in [0.2, 0.25) is 0 Å². The van der Waals surface area contributed by atoms with E-state index in [0.717, 1.165) is 12.0 Å². The van der Waals surface area contributed by atoms with Crippen LogP contribution in [0.15, 0.2) is 53.4 Å². The third kappa shape index (κ3) is 4.08. The third-order valence-electron chi connectivity index (χ3n) is 3.96. The molecule has 0 saturated carbocycles. The molecule has 1 N–H and O–H groups in total. The second-order valence-electron chi connectivity index (χ2n) is 5.70. The molecule has 2 aromatic rings. The van der Waals surface area contributed by atoms with Gasteiger partial charge >= 0.3 is 0 Å². The van der Waals surface area contributed by atoms with E-state index >= 15 is 0 Å². The van der Waals surface area contributed by atoms with Gasteiger partial charge in [0.25, 0.3) is 5.91 Å². The molecule has 1 aliphatic rings. The summed E-state index contributed by atoms with van der Waals surface area (Å²) in [5, 5.41) is 10.3. The van der Waals surface area contributed by atoms with E-state index in [4.69, 9.17) is 17.0 Å². The number of benzene rings is 2. The summed E-state index contributed by atoms with van der Waals surface area (Å²) in [6, 6.07) is 15.2. The fourth-order valence-electron chi connectivity index (χ4n) is 2.65. The summed E-state index contributed by atoms with van der Waals surface area (Å²) < 4.78 is 5.93. The fourth-order valence-corrected chi connectivity index (χ4v) is 3.95. The number of aromatic hydroxyl groups is 1. The van der Waals surface area contributed by atoms with Crippen molar-refractivity contribution in [1.82, 2.24) is 4.90 Å². The average molecular weight is 386 g/mol. The molecular formula is C20H19NO3S2. The van der Waals surface area contributed by atoms with Crippen LogP contribution in [0.1, 0.15) is 18.1 Å². The predicted octanol–water partition coefficient (Wildman–Crippen LogP) is 4.23. The summed E-state index contributed by atoms with van der Waals surface area (Å²) in [4.78, 5) is 14.8. The number of rotatable bonds is 6. The molecule has 3 rings (SSSR count). The highest BCUT2D eigenvalue weighted by atomic mass is 32.2. The van der Waals surface area contributed by atoms with Gasteiger partial charge < -0.3 is 9.84 Å². The van der Waals surface area contributed by atoms with Crippen molar-refractivity contribution in [3.05, 3.63) is 64.6 Å². The Bertz CT molecular complexity index is 849. The van der Waals surface area contributed by atoms with Crippen LogP contribution in [0, 0.1) is 0 Å². The van der Waals surface area contributed by atoms with Crippen molar-refractivity contribution in [2.45, 2.75) is 13.3 Å². The maximum Gasteiger partial charge on any atom is 0.266 e. The van der Waals surface area contributed by atoms with E-state index < -0.39 is 0 Å². The van der Waals surface area contributed by atoms with Gasteiger partial charge in [-0.15, -0.1) is 0 Å². The molecule has 4 nitrogen and oxygen atoms in total. The third-order valence-corrected chi connectivity index (χ3v) is 5.33. The topological polar surface area (TPSA) is 49.8 Å². The van der Waals surface area contributed by atoms with Gasteiger partial charge in [-0.2, -0.15) is 0 Å². The maximum absolute atomic E-state index is 12.7. The first-order chi connectivity index (χ1) is 12.6. The number of hydrogen-bond donors (Lipinski definition) is 1. The molecule has 1 heterocycles. The number of ether oxygens (including phenoxy) is 1. The van der Waals surface area contributed by atoms with E-state index in [1.807, 2.05) is 37.3 Å². The number of nitrogens with zero attached hydrogens (tertiary/aromatic N) is 1. The van der Waals surface area contributed by atoms with Crippen molar-refractivity contribution < 1.29 is 14.6 Å². The molecule has 1 fully saturated rings. The Morgan fingerprint density at radius 1 is 1.19 bits per heavy atom. The van der Waals surface area contributed by atoms with Crippen LogP contribution in [-0.4, -0.2) is 33.4 Å². The zero-order valence-corrected chi connectivity index (χ0v) is 16.0. The number of phenolic OH excluding ortho intramolecular Hbond substituents is 1. The quantitative estimate of drug-likeness (QED) is 0.596. The zero-order chi connectivity index (χ0) is 18.5. The van der Waals surface area contributed by atoms with Crippen LogP contribution in [0.2, 0.25) is 0 Å². The number of phenols is 1. The smallest absolute Gasteiger partial charge is 0.266 e. The summed E-state index contributed by atoms with van der Waals surface area (Å²) in [5.74, 6) is 0.307. The minimum atomic E-state index is -0.128. The van der Waals surface area contributed by atoms with Crippen LogP contribution in [0.3, 0.4) is 0 Å². The first kappa shape index (κ1) is 18.5. The lowest BCUT2D eigenvalue weighted by molar-refractivity contribution is -0.122. The highest BCUT2D eigenvalue weighted by Gasteiger charge is 2.31. The van der Waals surface area contributed by atoms with E-state index in [0.29, 0.717) is 33.7 Å². The number of thiocarbonyl (C=S) groups is 1. The van der Waals surface area contributed by atoms with E-state index in [-0.39, 0.29) is 11.7 Å². The minimum absolute atomic E-state index is 0.0314. The zero-order valence-electron chi connectivity index (χ0n) is 14.3. The Kier molecular flexibility index (Phi) is 5.96. The lowest BCUT2D eigenvalue weighted by Gasteiger charge is -2.14. The van der Waals surface area contributed by atoms with Crippen molar-refractivity contribution in [3.8, 4) is 11.5 Å². The molecule has 0 unspecified atom stereocenters. The molecular weight excluding hydrogens is 366 g/mol. The molecule has 1 aliphatic heterocycles. The fraction of sp³-hybridized carbons (Fsp3) is 0.200. The lowest BCUT2D eigenvalue weighted by atomic mass is 10.1. The highest BCUT2D eigenvalue weighted by molar-refractivity contribution is 8.26. The molecule has 26 heavy (non-hydrogen) atoms. The van der Waals surface area contributed by atoms with Crippen molar-refractivity contribution in [2.75, 3.05) is 13.2 Å². The number of amides is 1. The Morgan fingerprint density at radius 3 is 2.69 bits per heavy atom. The molecule has 1 saturated heterocycles. The van der Waals surface area contributed by atoms with Gasteiger partial charge in [0.1, 0.15) is 4.32 Å². The number of thioether (sulfide) groups is 1. The molecule has 0 radical (unpaired) electrons. The normalized spacial score (nSPS) is 15.7. The van der Waals surface area contributed by atoms with Gasteiger partial charge in [-0.25, -0.2) is 0 Å². The summed E-state index contributed by atoms with van der Waals surface area (Å²) in [6.07, 6.45) is 2.41. The monoisotopic (exact) mass is 385 g/mol. The number of carbonyl (C=O) groups is 1. The number of para-hydroxylation sites is 1. The molecule has 6 heteroatoms. The lowest BCUT2D eigenvalue weighted by Crippen LogP contribution is -2.30. The van der Waals surface area contributed by atoms with Gasteiger partial charge in [0, 0.05) is 12.1 Å². The molecule has 2 aromatic carbocycles. The summed E-state index contributed by atoms with van der Waals surface area (Å²) in [5.41, 5.74) is 1.70. The Labute approximate surface area is 162 Å². The maximum atomic E-state index is 12.7. The first-order valence-corrected chi connectivity index (χ1v) is 9.56. The van der Waals surface area contributed by atoms with Crippen molar-refractivity contribution >= 4 is 40.3 Å². The highest BCUT2D eigenvalue weighted by Crippen LogP contribution is 2.36. The largest absolute Gasteiger partial charge is 0.504 e.